The lowest BCUT2D eigenvalue weighted by Gasteiger charge is -2.01. The van der Waals surface area contributed by atoms with Gasteiger partial charge in [-0.3, -0.25) is 9.71 Å². The number of hydrogen-bond acceptors (Lipinski definition) is 3. The van der Waals surface area contributed by atoms with Crippen LogP contribution in [-0.2, 0) is 10.0 Å². The molecule has 1 aliphatic heterocycles. The molecule has 0 radical (unpaired) electrons. The van der Waals surface area contributed by atoms with Gasteiger partial charge in [0.2, 0.25) is 0 Å². The lowest BCUT2D eigenvalue weighted by Crippen LogP contribution is -2.22. The van der Waals surface area contributed by atoms with Gasteiger partial charge in [-0.25, -0.2) is 8.42 Å². The molecule has 2 rings (SSSR count). The van der Waals surface area contributed by atoms with Crippen LogP contribution in [0.2, 0.25) is 0 Å². The fraction of sp³-hybridized carbons (Fsp3) is 0.364. The van der Waals surface area contributed by atoms with Gasteiger partial charge in [0.1, 0.15) is 5.84 Å². The van der Waals surface area contributed by atoms with Gasteiger partial charge in [0.25, 0.3) is 10.0 Å². The highest BCUT2D eigenvalue weighted by atomic mass is 32.2. The van der Waals surface area contributed by atoms with E-state index in [1.54, 1.807) is 12.1 Å². The molecule has 0 amide bonds. The number of rotatable bonds is 2. The van der Waals surface area contributed by atoms with E-state index in [1.807, 2.05) is 19.9 Å². The molecule has 0 aliphatic carbocycles. The van der Waals surface area contributed by atoms with Crippen LogP contribution in [-0.4, -0.2) is 20.8 Å². The third-order valence-electron chi connectivity index (χ3n) is 2.49. The predicted molar refractivity (Wildman–Crippen MR) is 63.2 cm³/mol. The normalized spacial score (nSPS) is 19.5. The zero-order valence-corrected chi connectivity index (χ0v) is 10.1. The molecule has 0 atom stereocenters. The second kappa shape index (κ2) is 3.90. The van der Waals surface area contributed by atoms with Crippen molar-refractivity contribution in [3.8, 4) is 0 Å². The van der Waals surface area contributed by atoms with Gasteiger partial charge in [0, 0.05) is 12.1 Å². The molecular formula is C11H14N2O2S. The van der Waals surface area contributed by atoms with Crippen molar-refractivity contribution < 1.29 is 8.42 Å². The highest BCUT2D eigenvalue weighted by Crippen LogP contribution is 2.25. The Morgan fingerprint density at radius 2 is 2.12 bits per heavy atom. The summed E-state index contributed by atoms with van der Waals surface area (Å²) in [5.41, 5.74) is 1.65. The highest BCUT2D eigenvalue weighted by molar-refractivity contribution is 7.90. The van der Waals surface area contributed by atoms with E-state index >= 15 is 0 Å². The molecule has 16 heavy (non-hydrogen) atoms. The zero-order valence-electron chi connectivity index (χ0n) is 9.32. The van der Waals surface area contributed by atoms with Crippen molar-refractivity contribution >= 4 is 15.9 Å². The third kappa shape index (κ3) is 1.71. The van der Waals surface area contributed by atoms with Crippen LogP contribution in [0.5, 0.6) is 0 Å². The van der Waals surface area contributed by atoms with Crippen molar-refractivity contribution in [1.29, 1.82) is 0 Å². The molecule has 0 saturated carbocycles. The summed E-state index contributed by atoms with van der Waals surface area (Å²) in [6, 6.07) is 5.25. The number of aliphatic imine (C=N–C) groups is 1. The van der Waals surface area contributed by atoms with Gasteiger partial charge in [0.15, 0.2) is 0 Å². The molecule has 1 heterocycles. The maximum absolute atomic E-state index is 11.8. The molecule has 1 aliphatic rings. The number of hydrogen-bond donors (Lipinski definition) is 1. The molecule has 86 valence electrons. The van der Waals surface area contributed by atoms with E-state index in [1.165, 1.54) is 0 Å². The van der Waals surface area contributed by atoms with Crippen LogP contribution >= 0.6 is 0 Å². The van der Waals surface area contributed by atoms with Crippen LogP contribution in [0.15, 0.2) is 28.1 Å². The molecule has 0 unspecified atom stereocenters. The number of aryl methyl sites for hydroxylation is 1. The first-order chi connectivity index (χ1) is 7.56. The van der Waals surface area contributed by atoms with Crippen LogP contribution < -0.4 is 4.72 Å². The third-order valence-corrected chi connectivity index (χ3v) is 3.87. The van der Waals surface area contributed by atoms with Crippen molar-refractivity contribution in [3.05, 3.63) is 29.3 Å². The Balaban J connectivity index is 2.61. The van der Waals surface area contributed by atoms with Crippen molar-refractivity contribution in [2.75, 3.05) is 6.54 Å². The minimum absolute atomic E-state index is 0.336. The Morgan fingerprint density at radius 1 is 1.38 bits per heavy atom. The minimum Gasteiger partial charge on any atom is -0.267 e. The van der Waals surface area contributed by atoms with Gasteiger partial charge < -0.3 is 0 Å². The molecule has 1 aromatic carbocycles. The summed E-state index contributed by atoms with van der Waals surface area (Å²) in [5.74, 6) is 0.481. The van der Waals surface area contributed by atoms with E-state index in [9.17, 15) is 8.42 Å². The van der Waals surface area contributed by atoms with Gasteiger partial charge in [-0.05, 0) is 25.0 Å². The number of nitrogens with zero attached hydrogens (tertiary/aromatic N) is 1. The summed E-state index contributed by atoms with van der Waals surface area (Å²) in [4.78, 5) is 4.60. The molecule has 0 aromatic heterocycles. The molecule has 1 N–H and O–H groups in total. The van der Waals surface area contributed by atoms with Crippen LogP contribution in [0.4, 0.5) is 0 Å². The van der Waals surface area contributed by atoms with Crippen molar-refractivity contribution in [1.82, 2.24) is 4.72 Å². The van der Waals surface area contributed by atoms with Crippen LogP contribution in [0, 0.1) is 6.92 Å². The first kappa shape index (κ1) is 11.1. The van der Waals surface area contributed by atoms with E-state index in [4.69, 9.17) is 0 Å². The van der Waals surface area contributed by atoms with Gasteiger partial charge >= 0.3 is 0 Å². The summed E-state index contributed by atoms with van der Waals surface area (Å²) in [5, 5.41) is 0. The highest BCUT2D eigenvalue weighted by Gasteiger charge is 2.31. The fourth-order valence-electron chi connectivity index (χ4n) is 1.74. The average molecular weight is 238 g/mol. The number of sulfonamides is 1. The van der Waals surface area contributed by atoms with E-state index < -0.39 is 10.0 Å². The molecule has 5 heteroatoms. The molecular weight excluding hydrogens is 224 g/mol. The SMILES string of the molecule is CCCN=C1NS(=O)(=O)c2cccc(C)c21. The van der Waals surface area contributed by atoms with E-state index in [2.05, 4.69) is 9.71 Å². The Kier molecular flexibility index (Phi) is 2.71. The Bertz CT molecular complexity index is 547. The standard InChI is InChI=1S/C11H14N2O2S/c1-3-7-12-11-10-8(2)5-4-6-9(10)16(14,15)13-11/h4-6H,3,7H2,1-2H3,(H,12,13). The summed E-state index contributed by atoms with van der Waals surface area (Å²) in [6.07, 6.45) is 0.895. The molecule has 1 aromatic rings. The largest absolute Gasteiger partial charge is 0.267 e. The van der Waals surface area contributed by atoms with Crippen molar-refractivity contribution in [3.63, 3.8) is 0 Å². The van der Waals surface area contributed by atoms with Crippen molar-refractivity contribution in [2.24, 2.45) is 4.99 Å². The second-order valence-electron chi connectivity index (χ2n) is 3.78. The fourth-order valence-corrected chi connectivity index (χ4v) is 3.05. The summed E-state index contributed by atoms with van der Waals surface area (Å²) in [7, 11) is -3.39. The number of fused-ring (bicyclic) bond motifs is 1. The second-order valence-corrected chi connectivity index (χ2v) is 5.43. The maximum Gasteiger partial charge on any atom is 0.263 e. The number of amidine groups is 1. The van der Waals surface area contributed by atoms with E-state index in [0.29, 0.717) is 17.3 Å². The first-order valence-corrected chi connectivity index (χ1v) is 6.72. The van der Waals surface area contributed by atoms with E-state index in [0.717, 1.165) is 17.5 Å². The molecule has 0 saturated heterocycles. The predicted octanol–water partition coefficient (Wildman–Crippen LogP) is 1.44. The molecule has 0 bridgehead atoms. The molecule has 0 spiro atoms. The summed E-state index contributed by atoms with van der Waals surface area (Å²) in [6.45, 7) is 4.53. The smallest absolute Gasteiger partial charge is 0.263 e. The zero-order chi connectivity index (χ0) is 11.8. The van der Waals surface area contributed by atoms with Crippen LogP contribution in [0.25, 0.3) is 0 Å². The maximum atomic E-state index is 11.8. The van der Waals surface area contributed by atoms with E-state index in [-0.39, 0.29) is 0 Å². The van der Waals surface area contributed by atoms with Crippen LogP contribution in [0.3, 0.4) is 0 Å². The Labute approximate surface area is 95.5 Å². The summed E-state index contributed by atoms with van der Waals surface area (Å²) < 4.78 is 26.1. The molecule has 4 nitrogen and oxygen atoms in total. The van der Waals surface area contributed by atoms with Gasteiger partial charge in [-0.2, -0.15) is 0 Å². The van der Waals surface area contributed by atoms with Gasteiger partial charge in [-0.15, -0.1) is 0 Å². The lowest BCUT2D eigenvalue weighted by atomic mass is 10.1. The number of nitrogens with one attached hydrogen (secondary N) is 1. The number of benzene rings is 1. The summed E-state index contributed by atoms with van der Waals surface area (Å²) >= 11 is 0. The average Bonchev–Trinajstić information content (AvgIpc) is 2.49. The van der Waals surface area contributed by atoms with Crippen molar-refractivity contribution in [2.45, 2.75) is 25.2 Å². The topological polar surface area (TPSA) is 58.5 Å². The minimum atomic E-state index is -3.39. The first-order valence-electron chi connectivity index (χ1n) is 5.23. The van der Waals surface area contributed by atoms with Gasteiger partial charge in [-0.1, -0.05) is 19.1 Å². The monoisotopic (exact) mass is 238 g/mol. The van der Waals surface area contributed by atoms with Gasteiger partial charge in [0.05, 0.1) is 4.90 Å². The lowest BCUT2D eigenvalue weighted by molar-refractivity contribution is 0.595. The quantitative estimate of drug-likeness (QED) is 0.847. The Hall–Kier alpha value is -1.36. The molecule has 0 fully saturated rings. The Morgan fingerprint density at radius 3 is 2.81 bits per heavy atom. The van der Waals surface area contributed by atoms with Crippen LogP contribution in [0.1, 0.15) is 24.5 Å².